The topological polar surface area (TPSA) is 49.6 Å². The number of hydrogen-bond acceptors (Lipinski definition) is 3. The molecule has 2 atom stereocenters. The maximum atomic E-state index is 14.0. The van der Waals surface area contributed by atoms with Gasteiger partial charge in [-0.3, -0.25) is 9.69 Å². The van der Waals surface area contributed by atoms with Crippen molar-refractivity contribution in [3.05, 3.63) is 35.4 Å². The zero-order valence-corrected chi connectivity index (χ0v) is 14.7. The van der Waals surface area contributed by atoms with Crippen LogP contribution in [0.2, 0.25) is 0 Å². The van der Waals surface area contributed by atoms with Gasteiger partial charge in [0.05, 0.1) is 5.54 Å². The van der Waals surface area contributed by atoms with Gasteiger partial charge in [-0.05, 0) is 26.3 Å². The number of hydrogen-bond donors (Lipinski definition) is 1. The minimum Gasteiger partial charge on any atom is -0.339 e. The highest BCUT2D eigenvalue weighted by molar-refractivity contribution is 5.85. The van der Waals surface area contributed by atoms with Gasteiger partial charge in [-0.2, -0.15) is 0 Å². The van der Waals surface area contributed by atoms with Gasteiger partial charge < -0.3 is 10.6 Å². The van der Waals surface area contributed by atoms with Gasteiger partial charge >= 0.3 is 0 Å². The summed E-state index contributed by atoms with van der Waals surface area (Å²) in [6, 6.07) is 3.52. The third kappa shape index (κ3) is 4.11. The Hall–Kier alpha value is -1.53. The summed E-state index contributed by atoms with van der Waals surface area (Å²) in [4.78, 5) is 16.4. The Morgan fingerprint density at radius 2 is 1.92 bits per heavy atom. The molecule has 2 rings (SSSR count). The number of carbonyl (C=O) groups is 1. The van der Waals surface area contributed by atoms with Gasteiger partial charge in [0.1, 0.15) is 11.6 Å². The summed E-state index contributed by atoms with van der Waals surface area (Å²) >= 11 is 0. The van der Waals surface area contributed by atoms with E-state index in [1.807, 2.05) is 13.8 Å². The molecule has 0 spiro atoms. The molecule has 1 aliphatic heterocycles. The lowest BCUT2D eigenvalue weighted by molar-refractivity contribution is -0.138. The van der Waals surface area contributed by atoms with Gasteiger partial charge in [0.15, 0.2) is 0 Å². The van der Waals surface area contributed by atoms with E-state index < -0.39 is 17.2 Å². The van der Waals surface area contributed by atoms with E-state index in [-0.39, 0.29) is 11.9 Å². The fraction of sp³-hybridized carbons (Fsp3) is 0.611. The number of amides is 1. The molecular weight excluding hydrogens is 312 g/mol. The average molecular weight is 339 g/mol. The maximum Gasteiger partial charge on any atom is 0.242 e. The van der Waals surface area contributed by atoms with Crippen LogP contribution in [0.1, 0.15) is 45.2 Å². The van der Waals surface area contributed by atoms with Crippen LogP contribution in [-0.2, 0) is 4.79 Å². The molecule has 1 saturated heterocycles. The standard InChI is InChI=1S/C18H27F2N3O/c1-4-7-18(3,21)17(24)23-10-8-22(9-11-23)13(2)15-6-5-14(19)12-16(15)20/h5-6,12-13H,4,7-11,21H2,1-3H3. The highest BCUT2D eigenvalue weighted by Crippen LogP contribution is 2.25. The smallest absolute Gasteiger partial charge is 0.242 e. The van der Waals surface area contributed by atoms with Gasteiger partial charge in [-0.25, -0.2) is 8.78 Å². The largest absolute Gasteiger partial charge is 0.339 e. The van der Waals surface area contributed by atoms with Crippen LogP contribution in [-0.4, -0.2) is 47.4 Å². The van der Waals surface area contributed by atoms with E-state index in [2.05, 4.69) is 4.90 Å². The van der Waals surface area contributed by atoms with Gasteiger partial charge in [0.2, 0.25) is 5.91 Å². The summed E-state index contributed by atoms with van der Waals surface area (Å²) in [5.41, 5.74) is 5.78. The predicted molar refractivity (Wildman–Crippen MR) is 90.4 cm³/mol. The Labute approximate surface area is 142 Å². The van der Waals surface area contributed by atoms with E-state index in [1.165, 1.54) is 12.1 Å². The van der Waals surface area contributed by atoms with Crippen LogP contribution in [0.5, 0.6) is 0 Å². The molecule has 0 radical (unpaired) electrons. The molecule has 134 valence electrons. The Morgan fingerprint density at radius 3 is 2.46 bits per heavy atom. The van der Waals surface area contributed by atoms with Crippen LogP contribution in [0.25, 0.3) is 0 Å². The third-order valence-corrected chi connectivity index (χ3v) is 4.82. The quantitative estimate of drug-likeness (QED) is 0.897. The molecule has 0 aliphatic carbocycles. The summed E-state index contributed by atoms with van der Waals surface area (Å²) in [5.74, 6) is -1.12. The molecule has 0 saturated carbocycles. The Morgan fingerprint density at radius 1 is 1.29 bits per heavy atom. The van der Waals surface area contributed by atoms with Crippen LogP contribution < -0.4 is 5.73 Å². The first-order chi connectivity index (χ1) is 11.3. The molecule has 6 heteroatoms. The summed E-state index contributed by atoms with van der Waals surface area (Å²) in [5, 5.41) is 0. The molecular formula is C18H27F2N3O. The molecule has 24 heavy (non-hydrogen) atoms. The maximum absolute atomic E-state index is 14.0. The molecule has 4 nitrogen and oxygen atoms in total. The zero-order valence-electron chi connectivity index (χ0n) is 14.7. The summed E-state index contributed by atoms with van der Waals surface area (Å²) in [6.45, 7) is 8.12. The number of piperazine rings is 1. The van der Waals surface area contributed by atoms with Gasteiger partial charge in [-0.15, -0.1) is 0 Å². The van der Waals surface area contributed by atoms with Crippen molar-refractivity contribution in [3.8, 4) is 0 Å². The third-order valence-electron chi connectivity index (χ3n) is 4.82. The fourth-order valence-corrected chi connectivity index (χ4v) is 3.34. The zero-order chi connectivity index (χ0) is 17.9. The van der Waals surface area contributed by atoms with Crippen molar-refractivity contribution in [1.82, 2.24) is 9.80 Å². The first-order valence-corrected chi connectivity index (χ1v) is 8.53. The minimum atomic E-state index is -0.828. The number of nitrogens with zero attached hydrogens (tertiary/aromatic N) is 2. The second-order valence-electron chi connectivity index (χ2n) is 6.84. The fourth-order valence-electron chi connectivity index (χ4n) is 3.34. The van der Waals surface area contributed by atoms with Gasteiger partial charge in [0, 0.05) is 43.9 Å². The number of rotatable bonds is 5. The monoisotopic (exact) mass is 339 g/mol. The lowest BCUT2D eigenvalue weighted by atomic mass is 9.95. The van der Waals surface area contributed by atoms with Gasteiger partial charge in [-0.1, -0.05) is 19.4 Å². The molecule has 1 aromatic rings. The van der Waals surface area contributed by atoms with Crippen molar-refractivity contribution in [3.63, 3.8) is 0 Å². The molecule has 2 unspecified atom stereocenters. The Bertz CT molecular complexity index is 584. The van der Waals surface area contributed by atoms with Gasteiger partial charge in [0.25, 0.3) is 0 Å². The van der Waals surface area contributed by atoms with Crippen LogP contribution >= 0.6 is 0 Å². The number of nitrogens with two attached hydrogens (primary N) is 1. The Balaban J connectivity index is 1.98. The second-order valence-corrected chi connectivity index (χ2v) is 6.84. The SMILES string of the molecule is CCCC(C)(N)C(=O)N1CCN(C(C)c2ccc(F)cc2F)CC1. The van der Waals surface area contributed by atoms with E-state index in [9.17, 15) is 13.6 Å². The minimum absolute atomic E-state index is 0.0235. The van der Waals surface area contributed by atoms with Crippen LogP contribution in [0.4, 0.5) is 8.78 Å². The van der Waals surface area contributed by atoms with E-state index in [0.29, 0.717) is 38.2 Å². The number of carbonyl (C=O) groups excluding carboxylic acids is 1. The first-order valence-electron chi connectivity index (χ1n) is 8.53. The molecule has 0 bridgehead atoms. The van der Waals surface area contributed by atoms with E-state index >= 15 is 0 Å². The highest BCUT2D eigenvalue weighted by atomic mass is 19.1. The number of benzene rings is 1. The highest BCUT2D eigenvalue weighted by Gasteiger charge is 2.34. The predicted octanol–water partition coefficient (Wildman–Crippen LogP) is 2.69. The first kappa shape index (κ1) is 18.8. The molecule has 1 aromatic carbocycles. The van der Waals surface area contributed by atoms with Crippen molar-refractivity contribution in [2.24, 2.45) is 5.73 Å². The normalized spacial score (nSPS) is 19.8. The van der Waals surface area contributed by atoms with E-state index in [4.69, 9.17) is 5.73 Å². The molecule has 0 aromatic heterocycles. The van der Waals surface area contributed by atoms with Crippen molar-refractivity contribution >= 4 is 5.91 Å². The van der Waals surface area contributed by atoms with Crippen molar-refractivity contribution in [1.29, 1.82) is 0 Å². The summed E-state index contributed by atoms with van der Waals surface area (Å²) in [6.07, 6.45) is 1.52. The van der Waals surface area contributed by atoms with Crippen LogP contribution in [0, 0.1) is 11.6 Å². The Kier molecular flexibility index (Phi) is 5.93. The molecule has 1 heterocycles. The van der Waals surface area contributed by atoms with Crippen LogP contribution in [0.3, 0.4) is 0 Å². The molecule has 1 fully saturated rings. The molecule has 1 amide bonds. The lowest BCUT2D eigenvalue weighted by Gasteiger charge is -2.40. The van der Waals surface area contributed by atoms with Crippen molar-refractivity contribution in [2.75, 3.05) is 26.2 Å². The molecule has 1 aliphatic rings. The average Bonchev–Trinajstić information content (AvgIpc) is 2.53. The van der Waals surface area contributed by atoms with E-state index in [0.717, 1.165) is 12.5 Å². The van der Waals surface area contributed by atoms with Crippen molar-refractivity contribution in [2.45, 2.75) is 45.2 Å². The summed E-state index contributed by atoms with van der Waals surface area (Å²) in [7, 11) is 0. The lowest BCUT2D eigenvalue weighted by Crippen LogP contribution is -2.58. The van der Waals surface area contributed by atoms with Crippen LogP contribution in [0.15, 0.2) is 18.2 Å². The molecule has 2 N–H and O–H groups in total. The second kappa shape index (κ2) is 7.57. The summed E-state index contributed by atoms with van der Waals surface area (Å²) < 4.78 is 27.0. The van der Waals surface area contributed by atoms with E-state index in [1.54, 1.807) is 11.8 Å². The number of halogens is 2. The van der Waals surface area contributed by atoms with Crippen molar-refractivity contribution < 1.29 is 13.6 Å².